The quantitative estimate of drug-likeness (QED) is 0.875. The summed E-state index contributed by atoms with van der Waals surface area (Å²) in [7, 11) is -3.18. The molecule has 0 saturated carbocycles. The molecule has 0 bridgehead atoms. The van der Waals surface area contributed by atoms with Crippen LogP contribution in [0.4, 0.5) is 5.69 Å². The minimum atomic E-state index is -3.18. The highest BCUT2D eigenvalue weighted by Crippen LogP contribution is 2.22. The molecule has 1 unspecified atom stereocenters. The maximum Gasteiger partial charge on any atom is 0.177 e. The van der Waals surface area contributed by atoms with E-state index in [1.807, 2.05) is 12.1 Å². The lowest BCUT2D eigenvalue weighted by atomic mass is 10.1. The molecule has 2 rings (SSSR count). The Labute approximate surface area is 109 Å². The predicted octanol–water partition coefficient (Wildman–Crippen LogP) is 1.64. The van der Waals surface area contributed by atoms with Crippen LogP contribution < -0.4 is 10.6 Å². The maximum atomic E-state index is 11.7. The van der Waals surface area contributed by atoms with Gasteiger partial charge in [0.05, 0.1) is 10.6 Å². The average Bonchev–Trinajstić information content (AvgIpc) is 2.57. The number of sulfone groups is 1. The Bertz CT molecular complexity index is 491. The SMILES string of the molecule is CS(=O)(=O)c1ccccc1NC1CCCCNC1. The van der Waals surface area contributed by atoms with Crippen LogP contribution in [0.5, 0.6) is 0 Å². The first-order valence-electron chi connectivity index (χ1n) is 6.34. The third-order valence-corrected chi connectivity index (χ3v) is 4.35. The van der Waals surface area contributed by atoms with Crippen molar-refractivity contribution in [2.75, 3.05) is 24.7 Å². The largest absolute Gasteiger partial charge is 0.380 e. The fraction of sp³-hybridized carbons (Fsp3) is 0.538. The third kappa shape index (κ3) is 3.46. The van der Waals surface area contributed by atoms with Crippen molar-refractivity contribution >= 4 is 15.5 Å². The van der Waals surface area contributed by atoms with Gasteiger partial charge in [0.1, 0.15) is 0 Å². The van der Waals surface area contributed by atoms with Crippen molar-refractivity contribution in [1.82, 2.24) is 5.32 Å². The molecule has 1 aliphatic rings. The van der Waals surface area contributed by atoms with Crippen molar-refractivity contribution in [3.05, 3.63) is 24.3 Å². The molecule has 1 aromatic carbocycles. The summed E-state index contributed by atoms with van der Waals surface area (Å²) in [6.07, 6.45) is 4.68. The van der Waals surface area contributed by atoms with E-state index in [-0.39, 0.29) is 0 Å². The molecule has 1 fully saturated rings. The molecule has 4 nitrogen and oxygen atoms in total. The predicted molar refractivity (Wildman–Crippen MR) is 73.7 cm³/mol. The number of rotatable bonds is 3. The second kappa shape index (κ2) is 5.71. The van der Waals surface area contributed by atoms with E-state index in [0.717, 1.165) is 19.5 Å². The van der Waals surface area contributed by atoms with Crippen molar-refractivity contribution in [1.29, 1.82) is 0 Å². The summed E-state index contributed by atoms with van der Waals surface area (Å²) in [4.78, 5) is 0.384. The second-order valence-electron chi connectivity index (χ2n) is 4.81. The summed E-state index contributed by atoms with van der Waals surface area (Å²) in [5.41, 5.74) is 0.716. The van der Waals surface area contributed by atoms with Gasteiger partial charge in [0.2, 0.25) is 0 Å². The Morgan fingerprint density at radius 1 is 1.28 bits per heavy atom. The van der Waals surface area contributed by atoms with Crippen molar-refractivity contribution in [2.45, 2.75) is 30.2 Å². The Balaban J connectivity index is 2.18. The van der Waals surface area contributed by atoms with Crippen LogP contribution in [0.15, 0.2) is 29.2 Å². The van der Waals surface area contributed by atoms with E-state index >= 15 is 0 Å². The molecule has 0 radical (unpaired) electrons. The molecule has 5 heteroatoms. The lowest BCUT2D eigenvalue weighted by Gasteiger charge is -2.19. The molecule has 0 spiro atoms. The number of para-hydroxylation sites is 1. The molecule has 0 aliphatic carbocycles. The smallest absolute Gasteiger partial charge is 0.177 e. The summed E-state index contributed by atoms with van der Waals surface area (Å²) in [6.45, 7) is 1.93. The van der Waals surface area contributed by atoms with E-state index in [2.05, 4.69) is 10.6 Å². The minimum Gasteiger partial charge on any atom is -0.380 e. The van der Waals surface area contributed by atoms with E-state index in [1.54, 1.807) is 12.1 Å². The van der Waals surface area contributed by atoms with Gasteiger partial charge in [0.15, 0.2) is 9.84 Å². The standard InChI is InChI=1S/C13H20N2O2S/c1-18(16,17)13-8-3-2-7-12(13)15-11-6-4-5-9-14-10-11/h2-3,7-8,11,14-15H,4-6,9-10H2,1H3. The van der Waals surface area contributed by atoms with Crippen molar-refractivity contribution in [3.8, 4) is 0 Å². The fourth-order valence-corrected chi connectivity index (χ4v) is 3.12. The molecular weight excluding hydrogens is 248 g/mol. The van der Waals surface area contributed by atoms with Gasteiger partial charge in [-0.25, -0.2) is 8.42 Å². The van der Waals surface area contributed by atoms with Gasteiger partial charge in [-0.1, -0.05) is 18.6 Å². The van der Waals surface area contributed by atoms with Crippen molar-refractivity contribution in [2.24, 2.45) is 0 Å². The highest BCUT2D eigenvalue weighted by Gasteiger charge is 2.16. The molecule has 1 atom stereocenters. The topological polar surface area (TPSA) is 58.2 Å². The van der Waals surface area contributed by atoms with Gasteiger partial charge < -0.3 is 10.6 Å². The maximum absolute atomic E-state index is 11.7. The lowest BCUT2D eigenvalue weighted by Crippen LogP contribution is -2.31. The Kier molecular flexibility index (Phi) is 4.24. The highest BCUT2D eigenvalue weighted by atomic mass is 32.2. The van der Waals surface area contributed by atoms with Gasteiger partial charge in [-0.3, -0.25) is 0 Å². The molecular formula is C13H20N2O2S. The summed E-state index contributed by atoms with van der Waals surface area (Å²) < 4.78 is 23.4. The van der Waals surface area contributed by atoms with Gasteiger partial charge in [-0.05, 0) is 31.5 Å². The van der Waals surface area contributed by atoms with Gasteiger partial charge in [-0.2, -0.15) is 0 Å². The first kappa shape index (κ1) is 13.4. The van der Waals surface area contributed by atoms with Crippen molar-refractivity contribution < 1.29 is 8.42 Å². The van der Waals surface area contributed by atoms with Gasteiger partial charge in [0, 0.05) is 18.8 Å². The molecule has 0 amide bonds. The van der Waals surface area contributed by atoms with Gasteiger partial charge >= 0.3 is 0 Å². The Morgan fingerprint density at radius 3 is 2.83 bits per heavy atom. The molecule has 18 heavy (non-hydrogen) atoms. The molecule has 2 N–H and O–H groups in total. The average molecular weight is 268 g/mol. The van der Waals surface area contributed by atoms with Crippen LogP contribution in [0.3, 0.4) is 0 Å². The molecule has 1 heterocycles. The third-order valence-electron chi connectivity index (χ3n) is 3.19. The van der Waals surface area contributed by atoms with E-state index in [9.17, 15) is 8.42 Å². The van der Waals surface area contributed by atoms with E-state index in [1.165, 1.54) is 19.1 Å². The summed E-state index contributed by atoms with van der Waals surface area (Å²) in [5, 5.41) is 6.72. The van der Waals surface area contributed by atoms with E-state index in [0.29, 0.717) is 16.6 Å². The van der Waals surface area contributed by atoms with Crippen LogP contribution >= 0.6 is 0 Å². The zero-order chi connectivity index (χ0) is 13.0. The minimum absolute atomic E-state index is 0.301. The van der Waals surface area contributed by atoms with Gasteiger partial charge in [0.25, 0.3) is 0 Å². The van der Waals surface area contributed by atoms with E-state index in [4.69, 9.17) is 0 Å². The fourth-order valence-electron chi connectivity index (χ4n) is 2.27. The molecule has 1 aliphatic heterocycles. The second-order valence-corrected chi connectivity index (χ2v) is 6.79. The summed E-state index contributed by atoms with van der Waals surface area (Å²) >= 11 is 0. The number of hydrogen-bond acceptors (Lipinski definition) is 4. The molecule has 1 aromatic rings. The number of nitrogens with one attached hydrogen (secondary N) is 2. The first-order chi connectivity index (χ1) is 8.57. The zero-order valence-electron chi connectivity index (χ0n) is 10.6. The summed E-state index contributed by atoms with van der Waals surface area (Å²) in [6, 6.07) is 7.41. The first-order valence-corrected chi connectivity index (χ1v) is 8.23. The molecule has 0 aromatic heterocycles. The summed E-state index contributed by atoms with van der Waals surface area (Å²) in [5.74, 6) is 0. The Hall–Kier alpha value is -1.07. The van der Waals surface area contributed by atoms with Crippen molar-refractivity contribution in [3.63, 3.8) is 0 Å². The highest BCUT2D eigenvalue weighted by molar-refractivity contribution is 7.90. The van der Waals surface area contributed by atoms with Crippen LogP contribution in [0.25, 0.3) is 0 Å². The Morgan fingerprint density at radius 2 is 2.06 bits per heavy atom. The molecule has 100 valence electrons. The lowest BCUT2D eigenvalue weighted by molar-refractivity contribution is 0.600. The zero-order valence-corrected chi connectivity index (χ0v) is 11.5. The van der Waals surface area contributed by atoms with Crippen LogP contribution in [0, 0.1) is 0 Å². The van der Waals surface area contributed by atoms with Crippen LogP contribution in [-0.4, -0.2) is 33.8 Å². The normalized spacial score (nSPS) is 21.3. The number of hydrogen-bond donors (Lipinski definition) is 2. The van der Waals surface area contributed by atoms with Crippen LogP contribution in [-0.2, 0) is 9.84 Å². The van der Waals surface area contributed by atoms with Crippen LogP contribution in [0.2, 0.25) is 0 Å². The van der Waals surface area contributed by atoms with Gasteiger partial charge in [-0.15, -0.1) is 0 Å². The molecule has 1 saturated heterocycles. The van der Waals surface area contributed by atoms with E-state index < -0.39 is 9.84 Å². The number of anilines is 1. The van der Waals surface area contributed by atoms with Crippen LogP contribution in [0.1, 0.15) is 19.3 Å². The monoisotopic (exact) mass is 268 g/mol. The number of benzene rings is 1.